The molecule has 2 nitrogen and oxygen atoms in total. The normalized spacial score (nSPS) is 43.7. The van der Waals surface area contributed by atoms with Gasteiger partial charge >= 0.3 is 0 Å². The molecule has 0 amide bonds. The summed E-state index contributed by atoms with van der Waals surface area (Å²) in [4.78, 5) is 2.48. The minimum absolute atomic E-state index is 0.851. The SMILES string of the molecule is CN1CC2CNCC1C2. The van der Waals surface area contributed by atoms with Gasteiger partial charge in [-0.3, -0.25) is 0 Å². The summed E-state index contributed by atoms with van der Waals surface area (Å²) in [5.41, 5.74) is 0. The van der Waals surface area contributed by atoms with Crippen LogP contribution in [0.3, 0.4) is 0 Å². The average Bonchev–Trinajstić information content (AvgIpc) is 2.09. The number of hydrogen-bond donors (Lipinski definition) is 1. The van der Waals surface area contributed by atoms with Gasteiger partial charge in [0.05, 0.1) is 0 Å². The topological polar surface area (TPSA) is 15.3 Å². The highest BCUT2D eigenvalue weighted by atomic mass is 15.2. The molecule has 2 atom stereocenters. The molecule has 0 aromatic heterocycles. The summed E-state index contributed by atoms with van der Waals surface area (Å²) >= 11 is 0. The molecule has 2 bridgehead atoms. The maximum atomic E-state index is 3.44. The molecule has 0 spiro atoms. The van der Waals surface area contributed by atoms with Crippen LogP contribution in [0.25, 0.3) is 0 Å². The van der Waals surface area contributed by atoms with Gasteiger partial charge in [0.1, 0.15) is 0 Å². The van der Waals surface area contributed by atoms with Gasteiger partial charge in [0, 0.05) is 19.1 Å². The highest BCUT2D eigenvalue weighted by Crippen LogP contribution is 2.23. The van der Waals surface area contributed by atoms with E-state index in [0.717, 1.165) is 12.0 Å². The quantitative estimate of drug-likeness (QED) is 0.488. The molecule has 1 N–H and O–H groups in total. The second-order valence-electron chi connectivity index (χ2n) is 3.35. The first kappa shape index (κ1) is 5.69. The predicted molar refractivity (Wildman–Crippen MR) is 37.4 cm³/mol. The average molecular weight is 126 g/mol. The summed E-state index contributed by atoms with van der Waals surface area (Å²) in [5.74, 6) is 0.953. The number of likely N-dealkylation sites (N-methyl/N-ethyl adjacent to an activating group) is 1. The molecule has 2 heterocycles. The lowest BCUT2D eigenvalue weighted by Crippen LogP contribution is -2.37. The van der Waals surface area contributed by atoms with Gasteiger partial charge in [-0.1, -0.05) is 0 Å². The first-order valence-electron chi connectivity index (χ1n) is 3.77. The number of hydrogen-bond acceptors (Lipinski definition) is 2. The Labute approximate surface area is 56.2 Å². The lowest BCUT2D eigenvalue weighted by atomic mass is 10.0. The number of likely N-dealkylation sites (tertiary alicyclic amines) is 1. The van der Waals surface area contributed by atoms with Crippen LogP contribution in [0.2, 0.25) is 0 Å². The monoisotopic (exact) mass is 126 g/mol. The van der Waals surface area contributed by atoms with E-state index >= 15 is 0 Å². The van der Waals surface area contributed by atoms with Gasteiger partial charge in [-0.25, -0.2) is 0 Å². The van der Waals surface area contributed by atoms with Crippen molar-refractivity contribution in [3.05, 3.63) is 0 Å². The summed E-state index contributed by atoms with van der Waals surface area (Å²) < 4.78 is 0. The lowest BCUT2D eigenvalue weighted by molar-refractivity contribution is 0.307. The van der Waals surface area contributed by atoms with E-state index in [1.165, 1.54) is 26.1 Å². The van der Waals surface area contributed by atoms with Crippen molar-refractivity contribution in [1.82, 2.24) is 10.2 Å². The van der Waals surface area contributed by atoms with Crippen molar-refractivity contribution in [1.29, 1.82) is 0 Å². The van der Waals surface area contributed by atoms with Crippen LogP contribution in [0.1, 0.15) is 6.42 Å². The zero-order chi connectivity index (χ0) is 6.27. The van der Waals surface area contributed by atoms with Gasteiger partial charge < -0.3 is 10.2 Å². The van der Waals surface area contributed by atoms with Crippen LogP contribution >= 0.6 is 0 Å². The van der Waals surface area contributed by atoms with Gasteiger partial charge in [-0.15, -0.1) is 0 Å². The fourth-order valence-electron chi connectivity index (χ4n) is 2.04. The third-order valence-electron chi connectivity index (χ3n) is 2.59. The Morgan fingerprint density at radius 2 is 2.33 bits per heavy atom. The van der Waals surface area contributed by atoms with E-state index < -0.39 is 0 Å². The Morgan fingerprint density at radius 3 is 3.00 bits per heavy atom. The number of piperidine rings is 1. The van der Waals surface area contributed by atoms with Crippen LogP contribution in [0.4, 0.5) is 0 Å². The Bertz CT molecular complexity index is 111. The molecular formula is C7H14N2. The molecule has 2 rings (SSSR count). The Balaban J connectivity index is 2.07. The van der Waals surface area contributed by atoms with Crippen LogP contribution in [-0.2, 0) is 0 Å². The summed E-state index contributed by atoms with van der Waals surface area (Å²) in [6.07, 6.45) is 1.43. The van der Waals surface area contributed by atoms with Gasteiger partial charge in [0.2, 0.25) is 0 Å². The minimum atomic E-state index is 0.851. The maximum Gasteiger partial charge on any atom is 0.0221 e. The number of fused-ring (bicyclic) bond motifs is 2. The first-order chi connectivity index (χ1) is 4.36. The van der Waals surface area contributed by atoms with E-state index in [0.29, 0.717) is 0 Å². The standard InChI is InChI=1S/C7H14N2/c1-9-5-6-2-7(9)4-8-3-6/h6-8H,2-5H2,1H3. The van der Waals surface area contributed by atoms with Crippen molar-refractivity contribution >= 4 is 0 Å². The van der Waals surface area contributed by atoms with Crippen LogP contribution in [0.5, 0.6) is 0 Å². The molecule has 0 aromatic carbocycles. The Hall–Kier alpha value is -0.0800. The third-order valence-corrected chi connectivity index (χ3v) is 2.59. The Morgan fingerprint density at radius 1 is 1.44 bits per heavy atom. The van der Waals surface area contributed by atoms with E-state index in [1.54, 1.807) is 0 Å². The molecule has 2 aliphatic heterocycles. The summed E-state index contributed by atoms with van der Waals surface area (Å²) in [7, 11) is 2.23. The van der Waals surface area contributed by atoms with Crippen LogP contribution in [-0.4, -0.2) is 37.6 Å². The number of nitrogens with one attached hydrogen (secondary N) is 1. The fourth-order valence-corrected chi connectivity index (χ4v) is 2.04. The van der Waals surface area contributed by atoms with Gasteiger partial charge in [-0.2, -0.15) is 0 Å². The van der Waals surface area contributed by atoms with E-state index in [2.05, 4.69) is 17.3 Å². The van der Waals surface area contributed by atoms with Gasteiger partial charge in [0.15, 0.2) is 0 Å². The summed E-state index contributed by atoms with van der Waals surface area (Å²) in [6.45, 7) is 3.78. The molecular weight excluding hydrogens is 112 g/mol. The molecule has 2 fully saturated rings. The second kappa shape index (κ2) is 1.96. The van der Waals surface area contributed by atoms with Crippen molar-refractivity contribution in [3.63, 3.8) is 0 Å². The van der Waals surface area contributed by atoms with Crippen molar-refractivity contribution in [3.8, 4) is 0 Å². The molecule has 0 radical (unpaired) electrons. The van der Waals surface area contributed by atoms with Crippen molar-refractivity contribution in [2.24, 2.45) is 5.92 Å². The lowest BCUT2D eigenvalue weighted by Gasteiger charge is -2.21. The van der Waals surface area contributed by atoms with E-state index in [-0.39, 0.29) is 0 Å². The third kappa shape index (κ3) is 0.864. The molecule has 2 saturated heterocycles. The van der Waals surface area contributed by atoms with Crippen LogP contribution in [0, 0.1) is 5.92 Å². The van der Waals surface area contributed by atoms with Crippen LogP contribution < -0.4 is 5.32 Å². The van der Waals surface area contributed by atoms with Crippen LogP contribution in [0.15, 0.2) is 0 Å². The first-order valence-corrected chi connectivity index (χ1v) is 3.77. The van der Waals surface area contributed by atoms with Crippen molar-refractivity contribution in [2.75, 3.05) is 26.7 Å². The smallest absolute Gasteiger partial charge is 0.0221 e. The molecule has 2 aliphatic rings. The maximum absolute atomic E-state index is 3.44. The largest absolute Gasteiger partial charge is 0.315 e. The van der Waals surface area contributed by atoms with E-state index in [1.807, 2.05) is 0 Å². The zero-order valence-corrected chi connectivity index (χ0v) is 5.93. The molecule has 0 saturated carbocycles. The zero-order valence-electron chi connectivity index (χ0n) is 5.93. The minimum Gasteiger partial charge on any atom is -0.315 e. The summed E-state index contributed by atoms with van der Waals surface area (Å²) in [5, 5.41) is 3.44. The number of rotatable bonds is 0. The van der Waals surface area contributed by atoms with E-state index in [9.17, 15) is 0 Å². The highest BCUT2D eigenvalue weighted by molar-refractivity contribution is 4.89. The predicted octanol–water partition coefficient (Wildman–Crippen LogP) is -0.0901. The van der Waals surface area contributed by atoms with Gasteiger partial charge in [-0.05, 0) is 25.9 Å². The Kier molecular flexibility index (Phi) is 1.24. The van der Waals surface area contributed by atoms with Gasteiger partial charge in [0.25, 0.3) is 0 Å². The highest BCUT2D eigenvalue weighted by Gasteiger charge is 2.32. The molecule has 0 aliphatic carbocycles. The summed E-state index contributed by atoms with van der Waals surface area (Å²) in [6, 6.07) is 0.851. The second-order valence-corrected chi connectivity index (χ2v) is 3.35. The molecule has 2 unspecified atom stereocenters. The molecule has 9 heavy (non-hydrogen) atoms. The van der Waals surface area contributed by atoms with E-state index in [4.69, 9.17) is 0 Å². The molecule has 52 valence electrons. The molecule has 2 heteroatoms. The molecule has 0 aromatic rings. The van der Waals surface area contributed by atoms with Crippen molar-refractivity contribution < 1.29 is 0 Å². The number of nitrogens with zero attached hydrogens (tertiary/aromatic N) is 1. The fraction of sp³-hybridized carbons (Fsp3) is 1.00. The van der Waals surface area contributed by atoms with Crippen molar-refractivity contribution in [2.45, 2.75) is 12.5 Å².